The minimum absolute atomic E-state index is 0.229. The van der Waals surface area contributed by atoms with Crippen LogP contribution in [0.15, 0.2) is 30.5 Å². The number of nitrogens with one attached hydrogen (secondary N) is 1. The van der Waals surface area contributed by atoms with Crippen LogP contribution in [0.3, 0.4) is 0 Å². The van der Waals surface area contributed by atoms with Crippen molar-refractivity contribution in [1.82, 2.24) is 15.1 Å². The summed E-state index contributed by atoms with van der Waals surface area (Å²) in [6.07, 6.45) is 2.54. The lowest BCUT2D eigenvalue weighted by Crippen LogP contribution is -2.27. The van der Waals surface area contributed by atoms with Crippen LogP contribution >= 0.6 is 0 Å². The number of ether oxygens (including phenoxy) is 1. The zero-order valence-electron chi connectivity index (χ0n) is 12.3. The van der Waals surface area contributed by atoms with Crippen molar-refractivity contribution in [1.29, 1.82) is 0 Å². The molecule has 0 aliphatic rings. The van der Waals surface area contributed by atoms with Crippen molar-refractivity contribution in [2.24, 2.45) is 7.05 Å². The molecule has 0 radical (unpaired) electrons. The molecule has 0 saturated heterocycles. The normalized spacial score (nSPS) is 10.4. The summed E-state index contributed by atoms with van der Waals surface area (Å²) in [5.41, 5.74) is 7.62. The van der Waals surface area contributed by atoms with Gasteiger partial charge in [0, 0.05) is 31.9 Å². The second-order valence-corrected chi connectivity index (χ2v) is 4.64. The molecule has 0 bridgehead atoms. The molecule has 21 heavy (non-hydrogen) atoms. The average molecular weight is 288 g/mol. The van der Waals surface area contributed by atoms with Crippen molar-refractivity contribution in [3.63, 3.8) is 0 Å². The molecule has 2 rings (SSSR count). The first-order valence-corrected chi connectivity index (χ1v) is 6.89. The Balaban J connectivity index is 2.00. The van der Waals surface area contributed by atoms with E-state index >= 15 is 0 Å². The van der Waals surface area contributed by atoms with Crippen LogP contribution in [0.5, 0.6) is 5.75 Å². The molecule has 1 heterocycles. The molecule has 0 aliphatic carbocycles. The molecule has 0 spiro atoms. The molecule has 6 nitrogen and oxygen atoms in total. The van der Waals surface area contributed by atoms with Crippen LogP contribution in [0.2, 0.25) is 0 Å². The van der Waals surface area contributed by atoms with Crippen LogP contribution in [-0.2, 0) is 13.5 Å². The molecule has 0 aliphatic heterocycles. The van der Waals surface area contributed by atoms with Gasteiger partial charge in [0.15, 0.2) is 0 Å². The highest BCUT2D eigenvalue weighted by atomic mass is 16.5. The molecule has 0 saturated carbocycles. The maximum Gasteiger partial charge on any atom is 0.257 e. The Morgan fingerprint density at radius 3 is 2.90 bits per heavy atom. The van der Waals surface area contributed by atoms with Crippen molar-refractivity contribution in [3.05, 3.63) is 41.7 Å². The zero-order valence-corrected chi connectivity index (χ0v) is 12.3. The third-order valence-electron chi connectivity index (χ3n) is 3.02. The molecule has 1 aromatic heterocycles. The summed E-state index contributed by atoms with van der Waals surface area (Å²) in [5.74, 6) is 0.278. The highest BCUT2D eigenvalue weighted by molar-refractivity contribution is 6.01. The van der Waals surface area contributed by atoms with Gasteiger partial charge in [-0.15, -0.1) is 0 Å². The third kappa shape index (κ3) is 3.75. The first-order chi connectivity index (χ1) is 10.1. The molecule has 0 fully saturated rings. The predicted octanol–water partition coefficient (Wildman–Crippen LogP) is 1.37. The number of hydrogen-bond acceptors (Lipinski definition) is 4. The number of carbonyl (C=O) groups excluding carboxylic acids is 1. The van der Waals surface area contributed by atoms with E-state index in [2.05, 4.69) is 10.4 Å². The van der Waals surface area contributed by atoms with Gasteiger partial charge in [-0.2, -0.15) is 5.10 Å². The number of aromatic nitrogens is 2. The first kappa shape index (κ1) is 14.9. The minimum atomic E-state index is -0.229. The van der Waals surface area contributed by atoms with Crippen LogP contribution < -0.4 is 15.8 Å². The van der Waals surface area contributed by atoms with Crippen LogP contribution in [0.4, 0.5) is 5.69 Å². The standard InChI is InChI=1S/C15H20N4O2/c1-3-21-13-6-4-5-12(16)14(13)15(20)17-9-7-11-8-10-19(2)18-11/h4-6,8,10H,3,7,9,16H2,1-2H3,(H,17,20). The lowest BCUT2D eigenvalue weighted by Gasteiger charge is -2.12. The van der Waals surface area contributed by atoms with E-state index in [-0.39, 0.29) is 5.91 Å². The molecule has 3 N–H and O–H groups in total. The number of nitrogens with two attached hydrogens (primary N) is 1. The second kappa shape index (κ2) is 6.78. The summed E-state index contributed by atoms with van der Waals surface area (Å²) in [7, 11) is 1.86. The van der Waals surface area contributed by atoms with Gasteiger partial charge in [-0.25, -0.2) is 0 Å². The minimum Gasteiger partial charge on any atom is -0.493 e. The van der Waals surface area contributed by atoms with Crippen molar-refractivity contribution in [3.8, 4) is 5.75 Å². The number of rotatable bonds is 6. The molecule has 112 valence electrons. The van der Waals surface area contributed by atoms with Gasteiger partial charge >= 0.3 is 0 Å². The maximum atomic E-state index is 12.3. The van der Waals surface area contributed by atoms with E-state index in [1.54, 1.807) is 22.9 Å². The number of hydrogen-bond donors (Lipinski definition) is 2. The number of carbonyl (C=O) groups is 1. The van der Waals surface area contributed by atoms with Gasteiger partial charge in [0.1, 0.15) is 11.3 Å². The molecule has 1 aromatic carbocycles. The number of nitrogens with zero attached hydrogens (tertiary/aromatic N) is 2. The van der Waals surface area contributed by atoms with Crippen LogP contribution in [0.1, 0.15) is 23.0 Å². The van der Waals surface area contributed by atoms with Gasteiger partial charge in [-0.1, -0.05) is 6.07 Å². The summed E-state index contributed by atoms with van der Waals surface area (Å²) >= 11 is 0. The van der Waals surface area contributed by atoms with E-state index in [9.17, 15) is 4.79 Å². The van der Waals surface area contributed by atoms with Crippen molar-refractivity contribution < 1.29 is 9.53 Å². The topological polar surface area (TPSA) is 82.2 Å². The van der Waals surface area contributed by atoms with Gasteiger partial charge in [-0.3, -0.25) is 9.48 Å². The second-order valence-electron chi connectivity index (χ2n) is 4.64. The fraction of sp³-hybridized carbons (Fsp3) is 0.333. The molecule has 1 amide bonds. The zero-order chi connectivity index (χ0) is 15.2. The van der Waals surface area contributed by atoms with Crippen LogP contribution in [0, 0.1) is 0 Å². The van der Waals surface area contributed by atoms with Crippen molar-refractivity contribution in [2.45, 2.75) is 13.3 Å². The quantitative estimate of drug-likeness (QED) is 0.787. The maximum absolute atomic E-state index is 12.3. The predicted molar refractivity (Wildman–Crippen MR) is 81.3 cm³/mol. The lowest BCUT2D eigenvalue weighted by atomic mass is 10.1. The fourth-order valence-electron chi connectivity index (χ4n) is 2.06. The number of amides is 1. The van der Waals surface area contributed by atoms with Crippen LogP contribution in [0.25, 0.3) is 0 Å². The van der Waals surface area contributed by atoms with Gasteiger partial charge < -0.3 is 15.8 Å². The van der Waals surface area contributed by atoms with Crippen molar-refractivity contribution in [2.75, 3.05) is 18.9 Å². The van der Waals surface area contributed by atoms with Gasteiger partial charge in [0.25, 0.3) is 5.91 Å². The summed E-state index contributed by atoms with van der Waals surface area (Å²) in [6, 6.07) is 7.13. The number of anilines is 1. The lowest BCUT2D eigenvalue weighted by molar-refractivity contribution is 0.0951. The highest BCUT2D eigenvalue weighted by Gasteiger charge is 2.15. The Kier molecular flexibility index (Phi) is 4.81. The Labute approximate surface area is 123 Å². The first-order valence-electron chi connectivity index (χ1n) is 6.89. The van der Waals surface area contributed by atoms with Gasteiger partial charge in [0.2, 0.25) is 0 Å². The Bertz CT molecular complexity index is 622. The monoisotopic (exact) mass is 288 g/mol. The Morgan fingerprint density at radius 2 is 2.24 bits per heavy atom. The summed E-state index contributed by atoms with van der Waals surface area (Å²) in [4.78, 5) is 12.3. The molecule has 2 aromatic rings. The summed E-state index contributed by atoms with van der Waals surface area (Å²) in [6.45, 7) is 2.85. The third-order valence-corrected chi connectivity index (χ3v) is 3.02. The molecule has 6 heteroatoms. The van der Waals surface area contributed by atoms with Crippen LogP contribution in [-0.4, -0.2) is 28.8 Å². The SMILES string of the molecule is CCOc1cccc(N)c1C(=O)NCCc1ccn(C)n1. The summed E-state index contributed by atoms with van der Waals surface area (Å²) < 4.78 is 7.19. The molecule has 0 unspecified atom stereocenters. The van der Waals surface area contributed by atoms with E-state index in [0.29, 0.717) is 36.6 Å². The van der Waals surface area contributed by atoms with Crippen molar-refractivity contribution >= 4 is 11.6 Å². The number of aryl methyl sites for hydroxylation is 1. The fourth-order valence-corrected chi connectivity index (χ4v) is 2.06. The largest absolute Gasteiger partial charge is 0.493 e. The van der Waals surface area contributed by atoms with E-state index in [4.69, 9.17) is 10.5 Å². The van der Waals surface area contributed by atoms with E-state index in [0.717, 1.165) is 5.69 Å². The highest BCUT2D eigenvalue weighted by Crippen LogP contribution is 2.24. The van der Waals surface area contributed by atoms with Gasteiger partial charge in [-0.05, 0) is 25.1 Å². The van der Waals surface area contributed by atoms with E-state index in [1.807, 2.05) is 26.2 Å². The molecule has 0 atom stereocenters. The van der Waals surface area contributed by atoms with Gasteiger partial charge in [0.05, 0.1) is 12.3 Å². The average Bonchev–Trinajstić information content (AvgIpc) is 2.85. The molecular weight excluding hydrogens is 268 g/mol. The summed E-state index contributed by atoms with van der Waals surface area (Å²) in [5, 5.41) is 7.11. The number of nitrogen functional groups attached to an aromatic ring is 1. The van der Waals surface area contributed by atoms with E-state index < -0.39 is 0 Å². The Hall–Kier alpha value is -2.50. The number of benzene rings is 1. The Morgan fingerprint density at radius 1 is 1.43 bits per heavy atom. The molecular formula is C15H20N4O2. The van der Waals surface area contributed by atoms with E-state index in [1.165, 1.54) is 0 Å². The smallest absolute Gasteiger partial charge is 0.257 e.